The summed E-state index contributed by atoms with van der Waals surface area (Å²) < 4.78 is 79.4. The zero-order valence-corrected chi connectivity index (χ0v) is 20.1. The van der Waals surface area contributed by atoms with Crippen molar-refractivity contribution in [1.82, 2.24) is 9.71 Å². The van der Waals surface area contributed by atoms with Gasteiger partial charge in [0.25, 0.3) is 10.0 Å². The molecule has 0 aliphatic rings. The Morgan fingerprint density at radius 1 is 1.11 bits per heavy atom. The molecule has 13 heteroatoms. The van der Waals surface area contributed by atoms with Crippen LogP contribution in [0.2, 0.25) is 0 Å². The first-order chi connectivity index (χ1) is 17.3. The number of carboxylic acids is 1. The lowest BCUT2D eigenvalue weighted by Crippen LogP contribution is -2.42. The molecule has 0 radical (unpaired) electrons. The largest absolute Gasteiger partial charge is 0.508 e. The molecule has 192 valence electrons. The van der Waals surface area contributed by atoms with Crippen molar-refractivity contribution in [3.05, 3.63) is 82.1 Å². The molecule has 1 atom stereocenters. The second kappa shape index (κ2) is 9.89. The third-order valence-electron chi connectivity index (χ3n) is 5.21. The Hall–Kier alpha value is -3.86. The fourth-order valence-corrected chi connectivity index (χ4v) is 5.90. The fraction of sp³-hybridized carbons (Fsp3) is 0.125. The van der Waals surface area contributed by atoms with Gasteiger partial charge in [-0.1, -0.05) is 11.8 Å². The number of fused-ring (bicyclic) bond motifs is 1. The monoisotopic (exact) mass is 552 g/mol. The van der Waals surface area contributed by atoms with Gasteiger partial charge in [0, 0.05) is 35.2 Å². The van der Waals surface area contributed by atoms with Crippen LogP contribution in [0.3, 0.4) is 0 Å². The van der Waals surface area contributed by atoms with E-state index in [0.717, 1.165) is 30.3 Å². The Labute approximate surface area is 211 Å². The summed E-state index contributed by atoms with van der Waals surface area (Å²) in [6.45, 7) is 0. The summed E-state index contributed by atoms with van der Waals surface area (Å²) >= 11 is 0.448. The molecule has 0 aliphatic carbocycles. The van der Waals surface area contributed by atoms with Gasteiger partial charge in [0.15, 0.2) is 10.0 Å². The van der Waals surface area contributed by atoms with Crippen LogP contribution >= 0.6 is 11.3 Å². The van der Waals surface area contributed by atoms with Gasteiger partial charge in [0.2, 0.25) is 0 Å². The van der Waals surface area contributed by atoms with E-state index in [-0.39, 0.29) is 22.6 Å². The lowest BCUT2D eigenvalue weighted by atomic mass is 10.1. The molecule has 2 aromatic carbocycles. The minimum atomic E-state index is -4.62. The number of sulfonamides is 1. The van der Waals surface area contributed by atoms with Crippen molar-refractivity contribution in [2.24, 2.45) is 0 Å². The van der Waals surface area contributed by atoms with Crippen LogP contribution in [0, 0.1) is 17.7 Å². The number of halogens is 4. The van der Waals surface area contributed by atoms with Gasteiger partial charge in [0.1, 0.15) is 11.8 Å². The highest BCUT2D eigenvalue weighted by Crippen LogP contribution is 2.30. The number of benzene rings is 2. The average molecular weight is 553 g/mol. The molecule has 4 aromatic rings. The van der Waals surface area contributed by atoms with Crippen molar-refractivity contribution >= 4 is 38.2 Å². The third kappa shape index (κ3) is 5.93. The summed E-state index contributed by atoms with van der Waals surface area (Å²) in [6.07, 6.45) is -3.33. The normalized spacial score (nSPS) is 12.8. The number of aromatic nitrogens is 1. The van der Waals surface area contributed by atoms with Gasteiger partial charge < -0.3 is 15.2 Å². The van der Waals surface area contributed by atoms with Gasteiger partial charge in [-0.3, -0.25) is 4.79 Å². The predicted molar refractivity (Wildman–Crippen MR) is 127 cm³/mol. The molecule has 4 rings (SSSR count). The number of aromatic hydroxyl groups is 1. The smallest absolute Gasteiger partial charge is 0.416 e. The molecule has 0 fully saturated rings. The molecule has 0 bridgehead atoms. The van der Waals surface area contributed by atoms with E-state index in [9.17, 15) is 41.0 Å². The minimum Gasteiger partial charge on any atom is -0.508 e. The second-order valence-electron chi connectivity index (χ2n) is 7.83. The van der Waals surface area contributed by atoms with E-state index >= 15 is 0 Å². The van der Waals surface area contributed by atoms with Gasteiger partial charge in [-0.2, -0.15) is 17.9 Å². The van der Waals surface area contributed by atoms with Gasteiger partial charge in [0.05, 0.1) is 10.4 Å². The van der Waals surface area contributed by atoms with E-state index in [1.807, 2.05) is 4.72 Å². The molecular weight excluding hydrogens is 536 g/mol. The van der Waals surface area contributed by atoms with Gasteiger partial charge in [-0.15, -0.1) is 11.3 Å². The van der Waals surface area contributed by atoms with Crippen molar-refractivity contribution in [3.63, 3.8) is 0 Å². The molecule has 37 heavy (non-hydrogen) atoms. The Balaban J connectivity index is 1.55. The summed E-state index contributed by atoms with van der Waals surface area (Å²) in [4.78, 5) is 14.7. The number of alkyl halides is 3. The summed E-state index contributed by atoms with van der Waals surface area (Å²) in [5, 5.41) is 19.8. The summed E-state index contributed by atoms with van der Waals surface area (Å²) in [7, 11) is -4.62. The molecule has 0 saturated heterocycles. The number of aliphatic carboxylic acids is 1. The van der Waals surface area contributed by atoms with E-state index in [0.29, 0.717) is 27.8 Å². The van der Waals surface area contributed by atoms with Crippen LogP contribution < -0.4 is 4.72 Å². The van der Waals surface area contributed by atoms with Crippen molar-refractivity contribution < 1.29 is 41.0 Å². The molecule has 0 aliphatic heterocycles. The first-order valence-corrected chi connectivity index (χ1v) is 12.7. The number of aromatic amines is 1. The zero-order chi connectivity index (χ0) is 27.0. The van der Waals surface area contributed by atoms with Crippen LogP contribution in [0.15, 0.2) is 58.9 Å². The first-order valence-electron chi connectivity index (χ1n) is 10.4. The molecule has 0 amide bonds. The number of rotatable bonds is 6. The van der Waals surface area contributed by atoms with Crippen LogP contribution in [0.4, 0.5) is 17.6 Å². The molecule has 2 aromatic heterocycles. The zero-order valence-electron chi connectivity index (χ0n) is 18.4. The number of hydrogen-bond donors (Lipinski definition) is 4. The highest BCUT2D eigenvalue weighted by molar-refractivity contribution is 7.91. The molecule has 0 spiro atoms. The maximum atomic E-state index is 14.5. The number of hydrogen-bond acceptors (Lipinski definition) is 5. The van der Waals surface area contributed by atoms with E-state index in [1.54, 1.807) is 6.07 Å². The number of nitrogens with one attached hydrogen (secondary N) is 2. The number of H-pyrrole nitrogens is 1. The van der Waals surface area contributed by atoms with Crippen LogP contribution in [0.5, 0.6) is 5.75 Å². The topological polar surface area (TPSA) is 119 Å². The number of carbonyl (C=O) groups is 1. The Bertz CT molecular complexity index is 1650. The summed E-state index contributed by atoms with van der Waals surface area (Å²) in [5.41, 5.74) is 0.341. The van der Waals surface area contributed by atoms with Crippen LogP contribution in [-0.4, -0.2) is 35.6 Å². The van der Waals surface area contributed by atoms with Crippen molar-refractivity contribution in [3.8, 4) is 17.6 Å². The molecule has 7 nitrogen and oxygen atoms in total. The van der Waals surface area contributed by atoms with E-state index in [1.165, 1.54) is 18.3 Å². The van der Waals surface area contributed by atoms with E-state index < -0.39 is 43.8 Å². The summed E-state index contributed by atoms with van der Waals surface area (Å²) in [5.74, 6) is 2.31. The number of carboxylic acid groups (broad SMARTS) is 1. The SMILES string of the molecule is O=C(O)[C@@H](Cc1c[nH]c2ccc(O)cc12)NS(=O)(=O)c1sc(C#Cc2ccc(C(F)(F)F)cc2)cc1F. The average Bonchev–Trinajstić information content (AvgIpc) is 3.40. The lowest BCUT2D eigenvalue weighted by molar-refractivity contribution is -0.139. The van der Waals surface area contributed by atoms with Gasteiger partial charge >= 0.3 is 12.1 Å². The van der Waals surface area contributed by atoms with Crippen LogP contribution in [-0.2, 0) is 27.4 Å². The molecule has 2 heterocycles. The number of phenolic OH excluding ortho intramolecular Hbond substituents is 1. The standard InChI is InChI=1S/C24H16F4N2O5S2/c25-19-11-17(7-3-13-1-4-15(5-2-13)24(26,27)28)36-23(19)37(34,35)30-21(22(32)33)9-14-12-29-20-8-6-16(31)10-18(14)20/h1-2,4-6,8,10-12,21,29-31H,9H2,(H,32,33)/t21-/m1/s1. The maximum absolute atomic E-state index is 14.5. The molecule has 4 N–H and O–H groups in total. The third-order valence-corrected chi connectivity index (χ3v) is 8.22. The van der Waals surface area contributed by atoms with E-state index in [4.69, 9.17) is 0 Å². The highest BCUT2D eigenvalue weighted by atomic mass is 32.2. The summed E-state index contributed by atoms with van der Waals surface area (Å²) in [6, 6.07) is 7.50. The Morgan fingerprint density at radius 3 is 2.46 bits per heavy atom. The second-order valence-corrected chi connectivity index (χ2v) is 10.8. The van der Waals surface area contributed by atoms with Crippen molar-refractivity contribution in [1.29, 1.82) is 0 Å². The van der Waals surface area contributed by atoms with E-state index in [2.05, 4.69) is 16.8 Å². The van der Waals surface area contributed by atoms with Gasteiger partial charge in [-0.05, 0) is 48.0 Å². The van der Waals surface area contributed by atoms with Gasteiger partial charge in [-0.25, -0.2) is 12.8 Å². The molecule has 0 unspecified atom stereocenters. The highest BCUT2D eigenvalue weighted by Gasteiger charge is 2.31. The first kappa shape index (κ1) is 26.2. The lowest BCUT2D eigenvalue weighted by Gasteiger charge is -2.14. The fourth-order valence-electron chi connectivity index (χ4n) is 3.45. The Morgan fingerprint density at radius 2 is 1.81 bits per heavy atom. The van der Waals surface area contributed by atoms with Crippen molar-refractivity contribution in [2.45, 2.75) is 22.8 Å². The van der Waals surface area contributed by atoms with Crippen LogP contribution in [0.1, 0.15) is 21.6 Å². The molecule has 0 saturated carbocycles. The maximum Gasteiger partial charge on any atom is 0.416 e. The quantitative estimate of drug-likeness (QED) is 0.208. The minimum absolute atomic E-state index is 0.0308. The molecular formula is C24H16F4N2O5S2. The van der Waals surface area contributed by atoms with Crippen molar-refractivity contribution in [2.75, 3.05) is 0 Å². The number of phenols is 1. The number of thiophene rings is 1. The predicted octanol–water partition coefficient (Wildman–Crippen LogP) is 4.47. The van der Waals surface area contributed by atoms with Crippen LogP contribution in [0.25, 0.3) is 10.9 Å². The Kier molecular flexibility index (Phi) is 7.00.